The summed E-state index contributed by atoms with van der Waals surface area (Å²) in [5.74, 6) is 0.638. The zero-order valence-electron chi connectivity index (χ0n) is 9.33. The number of anilines is 1. The molecule has 90 valence electrons. The number of nitrogens with one attached hydrogen (secondary N) is 1. The van der Waals surface area contributed by atoms with Crippen molar-refractivity contribution in [3.05, 3.63) is 5.01 Å². The summed E-state index contributed by atoms with van der Waals surface area (Å²) >= 11 is 7.01. The molecule has 1 aromatic rings. The van der Waals surface area contributed by atoms with Crippen molar-refractivity contribution in [2.45, 2.75) is 39.0 Å². The van der Waals surface area contributed by atoms with Crippen LogP contribution >= 0.6 is 22.9 Å². The van der Waals surface area contributed by atoms with E-state index in [1.807, 2.05) is 0 Å². The van der Waals surface area contributed by atoms with Crippen molar-refractivity contribution in [2.24, 2.45) is 0 Å². The minimum absolute atomic E-state index is 0.0156. The number of hydrogen-bond donors (Lipinski definition) is 1. The van der Waals surface area contributed by atoms with Crippen LogP contribution in [0.3, 0.4) is 0 Å². The molecule has 0 spiro atoms. The van der Waals surface area contributed by atoms with Crippen molar-refractivity contribution in [1.82, 2.24) is 10.2 Å². The fraction of sp³-hybridized carbons (Fsp3) is 0.700. The Morgan fingerprint density at radius 3 is 2.94 bits per heavy atom. The monoisotopic (exact) mass is 261 g/mol. The molecule has 0 aromatic carbocycles. The van der Waals surface area contributed by atoms with Crippen molar-refractivity contribution in [3.63, 3.8) is 0 Å². The van der Waals surface area contributed by atoms with Gasteiger partial charge >= 0.3 is 0 Å². The van der Waals surface area contributed by atoms with Crippen LogP contribution in [-0.2, 0) is 11.2 Å². The molecular formula is C10H16ClN3OS. The van der Waals surface area contributed by atoms with E-state index in [2.05, 4.69) is 22.4 Å². The van der Waals surface area contributed by atoms with Gasteiger partial charge in [0.25, 0.3) is 0 Å². The Hall–Kier alpha value is -0.680. The first-order chi connectivity index (χ1) is 7.76. The van der Waals surface area contributed by atoms with Gasteiger partial charge in [-0.05, 0) is 12.8 Å². The van der Waals surface area contributed by atoms with E-state index in [9.17, 15) is 4.79 Å². The number of hydrogen-bond acceptors (Lipinski definition) is 4. The highest BCUT2D eigenvalue weighted by Crippen LogP contribution is 2.17. The summed E-state index contributed by atoms with van der Waals surface area (Å²) < 4.78 is 0. The number of carbonyl (C=O) groups excluding carboxylic acids is 1. The molecule has 0 aliphatic heterocycles. The Labute approximate surface area is 104 Å². The normalized spacial score (nSPS) is 10.4. The van der Waals surface area contributed by atoms with E-state index in [0.717, 1.165) is 30.7 Å². The highest BCUT2D eigenvalue weighted by Gasteiger charge is 2.07. The van der Waals surface area contributed by atoms with Crippen molar-refractivity contribution >= 4 is 34.0 Å². The van der Waals surface area contributed by atoms with Gasteiger partial charge in [0.15, 0.2) is 0 Å². The topological polar surface area (TPSA) is 54.9 Å². The minimum Gasteiger partial charge on any atom is -0.301 e. The molecule has 1 rings (SSSR count). The first kappa shape index (κ1) is 13.4. The molecule has 0 saturated heterocycles. The predicted octanol–water partition coefficient (Wildman–Crippen LogP) is 2.84. The van der Waals surface area contributed by atoms with Gasteiger partial charge < -0.3 is 5.32 Å². The molecule has 0 fully saturated rings. The van der Waals surface area contributed by atoms with Crippen LogP contribution in [0.2, 0.25) is 0 Å². The average Bonchev–Trinajstić information content (AvgIpc) is 2.71. The second-order valence-corrected chi connectivity index (χ2v) is 4.89. The summed E-state index contributed by atoms with van der Waals surface area (Å²) in [6, 6.07) is 0. The maximum absolute atomic E-state index is 11.4. The molecule has 0 bridgehead atoms. The molecule has 0 saturated carbocycles. The van der Waals surface area contributed by atoms with E-state index in [1.54, 1.807) is 0 Å². The lowest BCUT2D eigenvalue weighted by Crippen LogP contribution is -2.10. The molecule has 0 unspecified atom stereocenters. The summed E-state index contributed by atoms with van der Waals surface area (Å²) in [6.45, 7) is 2.06. The maximum Gasteiger partial charge on any atom is 0.226 e. The second-order valence-electron chi connectivity index (χ2n) is 3.45. The van der Waals surface area contributed by atoms with Crippen LogP contribution in [0.1, 0.15) is 37.6 Å². The number of nitrogens with zero attached hydrogens (tertiary/aromatic N) is 2. The molecule has 16 heavy (non-hydrogen) atoms. The van der Waals surface area contributed by atoms with Gasteiger partial charge in [-0.2, -0.15) is 0 Å². The van der Waals surface area contributed by atoms with Crippen LogP contribution in [0.15, 0.2) is 0 Å². The molecule has 1 heterocycles. The van der Waals surface area contributed by atoms with Gasteiger partial charge in [0.1, 0.15) is 5.01 Å². The highest BCUT2D eigenvalue weighted by atomic mass is 35.5. The average molecular weight is 262 g/mol. The Balaban J connectivity index is 2.36. The van der Waals surface area contributed by atoms with Crippen molar-refractivity contribution in [2.75, 3.05) is 11.2 Å². The molecule has 0 aliphatic carbocycles. The lowest BCUT2D eigenvalue weighted by atomic mass is 10.2. The van der Waals surface area contributed by atoms with E-state index < -0.39 is 0 Å². The molecule has 0 atom stereocenters. The van der Waals surface area contributed by atoms with Gasteiger partial charge in [-0.25, -0.2) is 0 Å². The van der Waals surface area contributed by atoms with Crippen LogP contribution in [0.25, 0.3) is 0 Å². The number of alkyl halides is 1. The Morgan fingerprint density at radius 2 is 2.25 bits per heavy atom. The zero-order chi connectivity index (χ0) is 11.8. The molecule has 1 aromatic heterocycles. The van der Waals surface area contributed by atoms with E-state index in [-0.39, 0.29) is 5.91 Å². The first-order valence-electron chi connectivity index (χ1n) is 5.44. The van der Waals surface area contributed by atoms with E-state index in [0.29, 0.717) is 17.4 Å². The maximum atomic E-state index is 11.4. The Morgan fingerprint density at radius 1 is 1.44 bits per heavy atom. The molecular weight excluding hydrogens is 246 g/mol. The van der Waals surface area contributed by atoms with Crippen LogP contribution in [0, 0.1) is 0 Å². The second kappa shape index (κ2) is 7.57. The van der Waals surface area contributed by atoms with Crippen LogP contribution in [-0.4, -0.2) is 22.0 Å². The smallest absolute Gasteiger partial charge is 0.226 e. The quantitative estimate of drug-likeness (QED) is 0.768. The Bertz CT molecular complexity index is 330. The van der Waals surface area contributed by atoms with Crippen molar-refractivity contribution in [1.29, 1.82) is 0 Å². The SMILES string of the molecule is CCCCC(=O)Nc1nnc(CCCCl)s1. The number of aromatic nitrogens is 2. The summed E-state index contributed by atoms with van der Waals surface area (Å²) in [5.41, 5.74) is 0. The zero-order valence-corrected chi connectivity index (χ0v) is 10.9. The van der Waals surface area contributed by atoms with Crippen LogP contribution in [0.5, 0.6) is 0 Å². The van der Waals surface area contributed by atoms with Gasteiger partial charge in [0.2, 0.25) is 11.0 Å². The van der Waals surface area contributed by atoms with Gasteiger partial charge in [0.05, 0.1) is 0 Å². The number of carbonyl (C=O) groups is 1. The number of rotatable bonds is 7. The molecule has 4 nitrogen and oxygen atoms in total. The summed E-state index contributed by atoms with van der Waals surface area (Å²) in [7, 11) is 0. The van der Waals surface area contributed by atoms with Crippen LogP contribution in [0.4, 0.5) is 5.13 Å². The number of unbranched alkanes of at least 4 members (excludes halogenated alkanes) is 1. The number of aryl methyl sites for hydroxylation is 1. The Kier molecular flexibility index (Phi) is 6.33. The molecule has 6 heteroatoms. The first-order valence-corrected chi connectivity index (χ1v) is 6.79. The van der Waals surface area contributed by atoms with Gasteiger partial charge in [-0.3, -0.25) is 4.79 Å². The fourth-order valence-electron chi connectivity index (χ4n) is 1.14. The van der Waals surface area contributed by atoms with E-state index in [1.165, 1.54) is 11.3 Å². The molecule has 0 radical (unpaired) electrons. The number of amides is 1. The van der Waals surface area contributed by atoms with E-state index >= 15 is 0 Å². The summed E-state index contributed by atoms with van der Waals surface area (Å²) in [6.07, 6.45) is 4.19. The fourth-order valence-corrected chi connectivity index (χ4v) is 2.07. The predicted molar refractivity (Wildman–Crippen MR) is 67.1 cm³/mol. The molecule has 1 N–H and O–H groups in total. The lowest BCUT2D eigenvalue weighted by molar-refractivity contribution is -0.116. The van der Waals surface area contributed by atoms with E-state index in [4.69, 9.17) is 11.6 Å². The third-order valence-electron chi connectivity index (χ3n) is 1.99. The van der Waals surface area contributed by atoms with Crippen LogP contribution < -0.4 is 5.32 Å². The summed E-state index contributed by atoms with van der Waals surface area (Å²) in [5, 5.41) is 12.2. The third kappa shape index (κ3) is 4.90. The largest absolute Gasteiger partial charge is 0.301 e. The lowest BCUT2D eigenvalue weighted by Gasteiger charge is -1.98. The standard InChI is InChI=1S/C10H16ClN3OS/c1-2-3-5-8(15)12-10-14-13-9(16-10)6-4-7-11/h2-7H2,1H3,(H,12,14,15). The highest BCUT2D eigenvalue weighted by molar-refractivity contribution is 7.15. The third-order valence-corrected chi connectivity index (χ3v) is 3.16. The number of halogens is 1. The summed E-state index contributed by atoms with van der Waals surface area (Å²) in [4.78, 5) is 11.4. The molecule has 1 amide bonds. The van der Waals surface area contributed by atoms with Crippen molar-refractivity contribution in [3.8, 4) is 0 Å². The van der Waals surface area contributed by atoms with Gasteiger partial charge in [-0.1, -0.05) is 24.7 Å². The minimum atomic E-state index is 0.0156. The molecule has 0 aliphatic rings. The van der Waals surface area contributed by atoms with Gasteiger partial charge in [0, 0.05) is 18.7 Å². The van der Waals surface area contributed by atoms with Gasteiger partial charge in [-0.15, -0.1) is 21.8 Å². The van der Waals surface area contributed by atoms with Crippen molar-refractivity contribution < 1.29 is 4.79 Å².